The van der Waals surface area contributed by atoms with Gasteiger partial charge < -0.3 is 5.73 Å². The van der Waals surface area contributed by atoms with E-state index in [9.17, 15) is 10.1 Å². The molecule has 1 atom stereocenters. The van der Waals surface area contributed by atoms with Gasteiger partial charge in [-0.05, 0) is 6.07 Å². The summed E-state index contributed by atoms with van der Waals surface area (Å²) in [6.45, 7) is 0. The number of aromatic nitrogens is 1. The summed E-state index contributed by atoms with van der Waals surface area (Å²) in [6, 6.07) is 10.9. The zero-order chi connectivity index (χ0) is 14.3. The minimum Gasteiger partial charge on any atom is -0.388 e. The fraction of sp³-hybridized carbons (Fsp3) is 0.0714. The van der Waals surface area contributed by atoms with Crippen LogP contribution < -0.4 is 10.2 Å². The Bertz CT molecular complexity index is 727. The van der Waals surface area contributed by atoms with Crippen LogP contribution in [-0.2, 0) is 0 Å². The first kappa shape index (κ1) is 12.3. The van der Waals surface area contributed by atoms with E-state index in [1.54, 1.807) is 37.6 Å². The lowest BCUT2D eigenvalue weighted by Gasteiger charge is -2.25. The molecule has 2 aromatic rings. The summed E-state index contributed by atoms with van der Waals surface area (Å²) in [5, 5.41) is 11.5. The molecule has 3 rings (SSSR count). The van der Waals surface area contributed by atoms with Crippen molar-refractivity contribution in [3.8, 4) is 0 Å². The third-order valence-electron chi connectivity index (χ3n) is 3.69. The summed E-state index contributed by atoms with van der Waals surface area (Å²) in [7, 11) is 1.77. The zero-order valence-electron chi connectivity index (χ0n) is 10.9. The molecular weight excluding hydrogens is 256 g/mol. The van der Waals surface area contributed by atoms with Crippen molar-refractivity contribution in [1.82, 2.24) is 9.47 Å². The second-order valence-corrected chi connectivity index (χ2v) is 4.72. The third kappa shape index (κ3) is 1.45. The van der Waals surface area contributed by atoms with Crippen LogP contribution in [0.1, 0.15) is 5.56 Å². The largest absolute Gasteiger partial charge is 0.461 e. The van der Waals surface area contributed by atoms with E-state index in [0.717, 1.165) is 11.4 Å². The number of quaternary nitrogens is 1. The molecule has 1 aliphatic rings. The molecule has 6 heteroatoms. The van der Waals surface area contributed by atoms with Gasteiger partial charge in [0.25, 0.3) is 0 Å². The van der Waals surface area contributed by atoms with E-state index in [1.165, 1.54) is 0 Å². The van der Waals surface area contributed by atoms with Crippen LogP contribution in [0, 0.1) is 10.1 Å². The molecule has 0 saturated carbocycles. The summed E-state index contributed by atoms with van der Waals surface area (Å²) in [6.07, 6.45) is 3.24. The van der Waals surface area contributed by atoms with Crippen LogP contribution in [0.15, 0.2) is 54.6 Å². The monoisotopic (exact) mass is 269 g/mol. The Kier molecular flexibility index (Phi) is 2.55. The normalized spacial score (nSPS) is 20.9. The molecule has 0 amide bonds. The van der Waals surface area contributed by atoms with E-state index in [1.807, 2.05) is 18.2 Å². The minimum absolute atomic E-state index is 0.0302. The number of nitrogens with two attached hydrogens (primary N) is 1. The van der Waals surface area contributed by atoms with Crippen LogP contribution in [0.25, 0.3) is 5.70 Å². The van der Waals surface area contributed by atoms with Gasteiger partial charge in [0, 0.05) is 30.6 Å². The molecule has 0 radical (unpaired) electrons. The van der Waals surface area contributed by atoms with Gasteiger partial charge in [-0.1, -0.05) is 12.1 Å². The van der Waals surface area contributed by atoms with Crippen LogP contribution in [0.5, 0.6) is 0 Å². The Labute approximate surface area is 115 Å². The van der Waals surface area contributed by atoms with Crippen LogP contribution in [0.3, 0.4) is 0 Å². The fourth-order valence-corrected chi connectivity index (χ4v) is 2.73. The number of benzene rings is 1. The molecular formula is C14H13N4O2+. The average Bonchev–Trinajstić information content (AvgIpc) is 2.70. The van der Waals surface area contributed by atoms with Gasteiger partial charge in [0.1, 0.15) is 4.92 Å². The second kappa shape index (κ2) is 4.14. The van der Waals surface area contributed by atoms with Crippen LogP contribution >= 0.6 is 0 Å². The topological polar surface area (TPSA) is 82.0 Å². The maximum absolute atomic E-state index is 11.5. The standard InChI is InChI=1S/C14H13N4O2/c1-18(10-6-8-16-9-7-10)12-5-3-2-4-11(12)13(15)14(18)17(19)20/h2-9H,15H2,1H3/q+1/t18-/m1/s1. The quantitative estimate of drug-likeness (QED) is 0.515. The molecule has 0 fully saturated rings. The molecule has 2 heterocycles. The first-order chi connectivity index (χ1) is 9.56. The minimum atomic E-state index is -0.407. The lowest BCUT2D eigenvalue weighted by Crippen LogP contribution is -2.40. The van der Waals surface area contributed by atoms with Crippen molar-refractivity contribution < 1.29 is 4.92 Å². The van der Waals surface area contributed by atoms with Gasteiger partial charge in [-0.3, -0.25) is 15.1 Å². The number of rotatable bonds is 2. The summed E-state index contributed by atoms with van der Waals surface area (Å²) in [5.41, 5.74) is 8.48. The smallest absolute Gasteiger partial charge is 0.388 e. The average molecular weight is 269 g/mol. The van der Waals surface area contributed by atoms with Gasteiger partial charge in [0.05, 0.1) is 12.6 Å². The van der Waals surface area contributed by atoms with Crippen molar-refractivity contribution in [2.45, 2.75) is 0 Å². The van der Waals surface area contributed by atoms with Crippen LogP contribution in [-0.4, -0.2) is 17.0 Å². The Morgan fingerprint density at radius 1 is 1.20 bits per heavy atom. The lowest BCUT2D eigenvalue weighted by atomic mass is 10.1. The Morgan fingerprint density at radius 2 is 1.85 bits per heavy atom. The summed E-state index contributed by atoms with van der Waals surface area (Å²) >= 11 is 0. The van der Waals surface area contributed by atoms with Crippen molar-refractivity contribution >= 4 is 17.1 Å². The number of fused-ring (bicyclic) bond motifs is 1. The van der Waals surface area contributed by atoms with E-state index in [2.05, 4.69) is 4.98 Å². The fourth-order valence-electron chi connectivity index (χ4n) is 2.73. The molecule has 1 aromatic carbocycles. The molecule has 1 aromatic heterocycles. The van der Waals surface area contributed by atoms with Crippen molar-refractivity contribution in [3.63, 3.8) is 0 Å². The maximum Gasteiger partial charge on any atom is 0.461 e. The maximum atomic E-state index is 11.5. The molecule has 0 saturated heterocycles. The highest BCUT2D eigenvalue weighted by Crippen LogP contribution is 2.47. The van der Waals surface area contributed by atoms with Gasteiger partial charge in [-0.25, -0.2) is 0 Å². The second-order valence-electron chi connectivity index (χ2n) is 4.72. The van der Waals surface area contributed by atoms with Gasteiger partial charge in [-0.15, -0.1) is 0 Å². The number of nitro groups is 1. The number of pyridine rings is 1. The summed E-state index contributed by atoms with van der Waals surface area (Å²) in [5.74, 6) is -0.0302. The number of nitrogens with zero attached hydrogens (tertiary/aromatic N) is 3. The van der Waals surface area contributed by atoms with E-state index >= 15 is 0 Å². The van der Waals surface area contributed by atoms with Crippen molar-refractivity contribution in [2.75, 3.05) is 7.05 Å². The zero-order valence-corrected chi connectivity index (χ0v) is 10.9. The van der Waals surface area contributed by atoms with E-state index in [4.69, 9.17) is 5.73 Å². The molecule has 0 spiro atoms. The molecule has 0 unspecified atom stereocenters. The van der Waals surface area contributed by atoms with E-state index in [0.29, 0.717) is 5.56 Å². The third-order valence-corrected chi connectivity index (χ3v) is 3.69. The highest BCUT2D eigenvalue weighted by atomic mass is 16.6. The highest BCUT2D eigenvalue weighted by molar-refractivity contribution is 5.86. The van der Waals surface area contributed by atoms with E-state index in [-0.39, 0.29) is 16.0 Å². The molecule has 1 aliphatic heterocycles. The van der Waals surface area contributed by atoms with Gasteiger partial charge in [-0.2, -0.15) is 4.48 Å². The predicted octanol–water partition coefficient (Wildman–Crippen LogP) is 2.23. The van der Waals surface area contributed by atoms with Gasteiger partial charge in [0.2, 0.25) is 0 Å². The van der Waals surface area contributed by atoms with Gasteiger partial charge in [0.15, 0.2) is 17.1 Å². The predicted molar refractivity (Wildman–Crippen MR) is 76.2 cm³/mol. The van der Waals surface area contributed by atoms with E-state index < -0.39 is 4.92 Å². The van der Waals surface area contributed by atoms with Crippen LogP contribution in [0.2, 0.25) is 0 Å². The highest BCUT2D eigenvalue weighted by Gasteiger charge is 2.52. The molecule has 2 N–H and O–H groups in total. The molecule has 20 heavy (non-hydrogen) atoms. The Hall–Kier alpha value is -2.73. The molecule has 0 aliphatic carbocycles. The molecule has 100 valence electrons. The first-order valence-electron chi connectivity index (χ1n) is 6.08. The van der Waals surface area contributed by atoms with Crippen molar-refractivity contribution in [3.05, 3.63) is 70.3 Å². The summed E-state index contributed by atoms with van der Waals surface area (Å²) < 4.78 is -0.0580. The first-order valence-corrected chi connectivity index (χ1v) is 6.08. The Balaban J connectivity index is 2.36. The van der Waals surface area contributed by atoms with Crippen LogP contribution in [0.4, 0.5) is 11.4 Å². The molecule has 6 nitrogen and oxygen atoms in total. The number of para-hydroxylation sites is 1. The molecule has 0 bridgehead atoms. The Morgan fingerprint density at radius 3 is 2.50 bits per heavy atom. The summed E-state index contributed by atoms with van der Waals surface area (Å²) in [4.78, 5) is 15.1. The lowest BCUT2D eigenvalue weighted by molar-refractivity contribution is -0.438. The SMILES string of the molecule is C[N@+]1(c2ccncc2)C([N+](=O)[O-])=C(N)c2ccccc21. The van der Waals surface area contributed by atoms with Crippen molar-refractivity contribution in [2.24, 2.45) is 5.73 Å². The van der Waals surface area contributed by atoms with Gasteiger partial charge >= 0.3 is 5.82 Å². The van der Waals surface area contributed by atoms with Crippen molar-refractivity contribution in [1.29, 1.82) is 0 Å². The number of hydrogen-bond acceptors (Lipinski definition) is 4. The number of hydrogen-bond donors (Lipinski definition) is 1.